The van der Waals surface area contributed by atoms with Gasteiger partial charge in [0, 0.05) is 36.4 Å². The van der Waals surface area contributed by atoms with Crippen molar-refractivity contribution in [2.24, 2.45) is 0 Å². The molecule has 0 radical (unpaired) electrons. The van der Waals surface area contributed by atoms with E-state index in [0.717, 1.165) is 29.6 Å². The van der Waals surface area contributed by atoms with Crippen molar-refractivity contribution in [2.75, 3.05) is 32.2 Å². The second-order valence-electron chi connectivity index (χ2n) is 7.42. The van der Waals surface area contributed by atoms with Crippen LogP contribution in [0.2, 0.25) is 0 Å². The van der Waals surface area contributed by atoms with Gasteiger partial charge in [-0.2, -0.15) is 0 Å². The second-order valence-corrected chi connectivity index (χ2v) is 7.42. The highest BCUT2D eigenvalue weighted by atomic mass is 16.5. The van der Waals surface area contributed by atoms with Gasteiger partial charge in [0.05, 0.1) is 25.3 Å². The average molecular weight is 378 g/mol. The predicted molar refractivity (Wildman–Crippen MR) is 111 cm³/mol. The summed E-state index contributed by atoms with van der Waals surface area (Å²) in [6.07, 6.45) is 3.15. The van der Waals surface area contributed by atoms with E-state index in [4.69, 9.17) is 9.47 Å². The first-order valence-electron chi connectivity index (χ1n) is 9.59. The van der Waals surface area contributed by atoms with Gasteiger partial charge < -0.3 is 19.5 Å². The molecule has 5 nitrogen and oxygen atoms in total. The summed E-state index contributed by atoms with van der Waals surface area (Å²) in [5, 5.41) is 12.5. The average Bonchev–Trinajstić information content (AvgIpc) is 2.74. The Hall–Kier alpha value is -2.79. The standard InChI is InChI=1S/C23H26N2O3/c1-16-5-4-6-20-21(7-10-24-22(16)20)25-11-8-23(26,9-12-25)17-13-18(27-2)15-19(14-17)28-3/h4-7,10,13-15,26H,8-9,11-12H2,1-3H3. The van der Waals surface area contributed by atoms with E-state index >= 15 is 0 Å². The lowest BCUT2D eigenvalue weighted by molar-refractivity contribution is 0.0114. The molecular weight excluding hydrogens is 352 g/mol. The van der Waals surface area contributed by atoms with Crippen molar-refractivity contribution in [3.05, 3.63) is 59.8 Å². The number of rotatable bonds is 4. The van der Waals surface area contributed by atoms with E-state index in [1.807, 2.05) is 24.4 Å². The van der Waals surface area contributed by atoms with E-state index in [1.165, 1.54) is 11.3 Å². The first-order chi connectivity index (χ1) is 13.5. The lowest BCUT2D eigenvalue weighted by Crippen LogP contribution is -2.42. The monoisotopic (exact) mass is 378 g/mol. The van der Waals surface area contributed by atoms with Crippen molar-refractivity contribution >= 4 is 16.6 Å². The van der Waals surface area contributed by atoms with Crippen LogP contribution >= 0.6 is 0 Å². The number of pyridine rings is 1. The smallest absolute Gasteiger partial charge is 0.122 e. The fourth-order valence-electron chi connectivity index (χ4n) is 4.07. The van der Waals surface area contributed by atoms with Crippen molar-refractivity contribution in [1.82, 2.24) is 4.98 Å². The molecule has 1 aliphatic rings. The fraction of sp³-hybridized carbons (Fsp3) is 0.348. The summed E-state index contributed by atoms with van der Waals surface area (Å²) in [6, 6.07) is 14.0. The number of hydrogen-bond acceptors (Lipinski definition) is 5. The second kappa shape index (κ2) is 7.32. The quantitative estimate of drug-likeness (QED) is 0.742. The fourth-order valence-corrected chi connectivity index (χ4v) is 4.07. The Morgan fingerprint density at radius 1 is 1.00 bits per heavy atom. The molecule has 1 fully saturated rings. The minimum Gasteiger partial charge on any atom is -0.497 e. The van der Waals surface area contributed by atoms with Crippen LogP contribution in [0.5, 0.6) is 11.5 Å². The number of fused-ring (bicyclic) bond motifs is 1. The summed E-state index contributed by atoms with van der Waals surface area (Å²) < 4.78 is 10.7. The lowest BCUT2D eigenvalue weighted by Gasteiger charge is -2.40. The number of nitrogens with zero attached hydrogens (tertiary/aromatic N) is 2. The number of ether oxygens (including phenoxy) is 2. The molecule has 1 saturated heterocycles. The molecule has 1 N–H and O–H groups in total. The van der Waals surface area contributed by atoms with Gasteiger partial charge in [0.2, 0.25) is 0 Å². The molecule has 1 aliphatic heterocycles. The van der Waals surface area contributed by atoms with Gasteiger partial charge in [-0.25, -0.2) is 0 Å². The molecule has 0 saturated carbocycles. The molecule has 2 heterocycles. The van der Waals surface area contributed by atoms with Crippen LogP contribution in [0.15, 0.2) is 48.7 Å². The van der Waals surface area contributed by atoms with Crippen molar-refractivity contribution in [1.29, 1.82) is 0 Å². The SMILES string of the molecule is COc1cc(OC)cc(C2(O)CCN(c3ccnc4c(C)cccc34)CC2)c1. The van der Waals surface area contributed by atoms with Crippen molar-refractivity contribution in [3.63, 3.8) is 0 Å². The number of piperidine rings is 1. The molecule has 2 aromatic carbocycles. The summed E-state index contributed by atoms with van der Waals surface area (Å²) in [5.41, 5.74) is 3.35. The van der Waals surface area contributed by atoms with Gasteiger partial charge in [-0.1, -0.05) is 18.2 Å². The summed E-state index contributed by atoms with van der Waals surface area (Å²) in [5.74, 6) is 1.39. The Morgan fingerprint density at radius 3 is 2.32 bits per heavy atom. The molecule has 5 heteroatoms. The number of hydrogen-bond donors (Lipinski definition) is 1. The van der Waals surface area contributed by atoms with E-state index in [2.05, 4.69) is 41.1 Å². The van der Waals surface area contributed by atoms with Gasteiger partial charge >= 0.3 is 0 Å². The lowest BCUT2D eigenvalue weighted by atomic mass is 9.84. The van der Waals surface area contributed by atoms with Crippen LogP contribution in [-0.4, -0.2) is 37.4 Å². The Labute approximate surface area is 165 Å². The molecule has 146 valence electrons. The molecule has 4 rings (SSSR count). The van der Waals surface area contributed by atoms with E-state index in [1.54, 1.807) is 14.2 Å². The molecule has 0 amide bonds. The van der Waals surface area contributed by atoms with E-state index in [-0.39, 0.29) is 0 Å². The molecular formula is C23H26N2O3. The van der Waals surface area contributed by atoms with E-state index in [9.17, 15) is 5.11 Å². The zero-order valence-corrected chi connectivity index (χ0v) is 16.6. The van der Waals surface area contributed by atoms with Crippen LogP contribution in [0.3, 0.4) is 0 Å². The highest BCUT2D eigenvalue weighted by Crippen LogP contribution is 2.39. The maximum Gasteiger partial charge on any atom is 0.122 e. The first kappa shape index (κ1) is 18.6. The number of aromatic nitrogens is 1. The third-order valence-electron chi connectivity index (χ3n) is 5.77. The van der Waals surface area contributed by atoms with Gasteiger partial charge in [0.15, 0.2) is 0 Å². The van der Waals surface area contributed by atoms with Crippen LogP contribution in [-0.2, 0) is 5.60 Å². The van der Waals surface area contributed by atoms with Gasteiger partial charge in [-0.15, -0.1) is 0 Å². The Morgan fingerprint density at radius 2 is 1.68 bits per heavy atom. The minimum absolute atomic E-state index is 0.638. The first-order valence-corrected chi connectivity index (χ1v) is 9.59. The van der Waals surface area contributed by atoms with Crippen LogP contribution in [0.25, 0.3) is 10.9 Å². The van der Waals surface area contributed by atoms with Gasteiger partial charge in [0.1, 0.15) is 11.5 Å². The maximum atomic E-state index is 11.4. The van der Waals surface area contributed by atoms with E-state index in [0.29, 0.717) is 24.3 Å². The van der Waals surface area contributed by atoms with Gasteiger partial charge in [-0.3, -0.25) is 4.98 Å². The molecule has 1 aromatic heterocycles. The zero-order chi connectivity index (χ0) is 19.7. The number of aryl methyl sites for hydroxylation is 1. The van der Waals surface area contributed by atoms with Gasteiger partial charge in [-0.05, 0) is 49.1 Å². The molecule has 0 unspecified atom stereocenters. The molecule has 28 heavy (non-hydrogen) atoms. The van der Waals surface area contributed by atoms with Crippen molar-refractivity contribution in [2.45, 2.75) is 25.4 Å². The topological polar surface area (TPSA) is 54.8 Å². The molecule has 3 aromatic rings. The molecule has 0 atom stereocenters. The summed E-state index contributed by atoms with van der Waals surface area (Å²) in [7, 11) is 3.25. The van der Waals surface area contributed by atoms with Crippen molar-refractivity contribution < 1.29 is 14.6 Å². The Balaban J connectivity index is 1.61. The normalized spacial score (nSPS) is 16.2. The predicted octanol–water partition coefficient (Wildman–Crippen LogP) is 4.05. The molecule has 0 bridgehead atoms. The number of benzene rings is 2. The number of methoxy groups -OCH3 is 2. The van der Waals surface area contributed by atoms with Crippen LogP contribution in [0, 0.1) is 6.92 Å². The maximum absolute atomic E-state index is 11.4. The third kappa shape index (κ3) is 3.27. The zero-order valence-electron chi connectivity index (χ0n) is 16.6. The van der Waals surface area contributed by atoms with E-state index < -0.39 is 5.60 Å². The number of anilines is 1. The summed E-state index contributed by atoms with van der Waals surface area (Å²) >= 11 is 0. The minimum atomic E-state index is -0.892. The summed E-state index contributed by atoms with van der Waals surface area (Å²) in [6.45, 7) is 3.62. The Bertz CT molecular complexity index is 972. The van der Waals surface area contributed by atoms with Crippen molar-refractivity contribution in [3.8, 4) is 11.5 Å². The molecule has 0 aliphatic carbocycles. The van der Waals surface area contributed by atoms with Crippen LogP contribution < -0.4 is 14.4 Å². The summed E-state index contributed by atoms with van der Waals surface area (Å²) in [4.78, 5) is 6.89. The third-order valence-corrected chi connectivity index (χ3v) is 5.77. The largest absolute Gasteiger partial charge is 0.497 e. The van der Waals surface area contributed by atoms with Crippen LogP contribution in [0.1, 0.15) is 24.0 Å². The van der Waals surface area contributed by atoms with Crippen LogP contribution in [0.4, 0.5) is 5.69 Å². The highest BCUT2D eigenvalue weighted by Gasteiger charge is 2.35. The Kier molecular flexibility index (Phi) is 4.85. The highest BCUT2D eigenvalue weighted by molar-refractivity contribution is 5.93. The number of para-hydroxylation sites is 1. The van der Waals surface area contributed by atoms with Gasteiger partial charge in [0.25, 0.3) is 0 Å². The number of aliphatic hydroxyl groups is 1. The molecule has 0 spiro atoms.